The number of esters is 1. The van der Waals surface area contributed by atoms with Gasteiger partial charge < -0.3 is 4.74 Å². The fourth-order valence-electron chi connectivity index (χ4n) is 0.504. The first-order chi connectivity index (χ1) is 5.38. The Labute approximate surface area is 87.5 Å². The van der Waals surface area contributed by atoms with E-state index >= 15 is 0 Å². The quantitative estimate of drug-likeness (QED) is 0.442. The van der Waals surface area contributed by atoms with Crippen LogP contribution in [0.15, 0.2) is 9.66 Å². The SMILES string of the molecule is CCOC(=O)/C=C(\I)C(C)(C)C. The number of ether oxygens (including phenoxy) is 1. The average molecular weight is 282 g/mol. The zero-order valence-corrected chi connectivity index (χ0v) is 10.1. The fourth-order valence-corrected chi connectivity index (χ4v) is 0.758. The van der Waals surface area contributed by atoms with Crippen LogP contribution < -0.4 is 0 Å². The van der Waals surface area contributed by atoms with Crippen LogP contribution in [0.2, 0.25) is 0 Å². The maximum absolute atomic E-state index is 11.0. The highest BCUT2D eigenvalue weighted by molar-refractivity contribution is 14.1. The van der Waals surface area contributed by atoms with Crippen LogP contribution in [-0.4, -0.2) is 12.6 Å². The molecule has 0 saturated carbocycles. The summed E-state index contributed by atoms with van der Waals surface area (Å²) in [6.07, 6.45) is 1.55. The number of carbonyl (C=O) groups is 1. The monoisotopic (exact) mass is 282 g/mol. The summed E-state index contributed by atoms with van der Waals surface area (Å²) in [6, 6.07) is 0. The molecule has 0 rings (SSSR count). The van der Waals surface area contributed by atoms with Crippen molar-refractivity contribution in [3.05, 3.63) is 9.66 Å². The van der Waals surface area contributed by atoms with Crippen molar-refractivity contribution in [2.24, 2.45) is 5.41 Å². The van der Waals surface area contributed by atoms with Gasteiger partial charge in [-0.3, -0.25) is 0 Å². The lowest BCUT2D eigenvalue weighted by molar-refractivity contribution is -0.137. The number of hydrogen-bond acceptors (Lipinski definition) is 2. The lowest BCUT2D eigenvalue weighted by Gasteiger charge is -2.16. The highest BCUT2D eigenvalue weighted by Crippen LogP contribution is 2.30. The van der Waals surface area contributed by atoms with Crippen LogP contribution in [0, 0.1) is 5.41 Å². The van der Waals surface area contributed by atoms with Gasteiger partial charge in [0.25, 0.3) is 0 Å². The second kappa shape index (κ2) is 4.84. The molecule has 0 spiro atoms. The molecule has 0 aromatic rings. The molecule has 0 bridgehead atoms. The van der Waals surface area contributed by atoms with E-state index in [9.17, 15) is 4.79 Å². The van der Waals surface area contributed by atoms with Gasteiger partial charge in [-0.15, -0.1) is 0 Å². The zero-order chi connectivity index (χ0) is 9.78. The van der Waals surface area contributed by atoms with Crippen molar-refractivity contribution in [1.29, 1.82) is 0 Å². The number of allylic oxidation sites excluding steroid dienone is 1. The summed E-state index contributed by atoms with van der Waals surface area (Å²) in [5, 5.41) is 0. The van der Waals surface area contributed by atoms with Gasteiger partial charge in [0.2, 0.25) is 0 Å². The molecule has 0 radical (unpaired) electrons. The molecule has 0 aliphatic carbocycles. The van der Waals surface area contributed by atoms with Crippen molar-refractivity contribution in [2.75, 3.05) is 6.61 Å². The van der Waals surface area contributed by atoms with E-state index in [0.717, 1.165) is 3.58 Å². The van der Waals surface area contributed by atoms with Crippen molar-refractivity contribution in [3.63, 3.8) is 0 Å². The molecule has 0 unspecified atom stereocenters. The molecule has 0 amide bonds. The largest absolute Gasteiger partial charge is 0.463 e. The molecule has 70 valence electrons. The molecule has 0 atom stereocenters. The standard InChI is InChI=1S/C9H15IO2/c1-5-12-8(11)6-7(10)9(2,3)4/h6H,5H2,1-4H3/b7-6-. The first-order valence-electron chi connectivity index (χ1n) is 3.92. The predicted octanol–water partition coefficient (Wildman–Crippen LogP) is 2.91. The minimum atomic E-state index is -0.253. The van der Waals surface area contributed by atoms with Crippen LogP contribution in [0.5, 0.6) is 0 Å². The summed E-state index contributed by atoms with van der Waals surface area (Å²) < 4.78 is 5.80. The molecule has 0 N–H and O–H groups in total. The number of rotatable bonds is 2. The van der Waals surface area contributed by atoms with Crippen LogP contribution in [0.3, 0.4) is 0 Å². The Bertz CT molecular complexity index is 189. The smallest absolute Gasteiger partial charge is 0.331 e. The van der Waals surface area contributed by atoms with Crippen LogP contribution in [0.25, 0.3) is 0 Å². The van der Waals surface area contributed by atoms with Crippen molar-refractivity contribution < 1.29 is 9.53 Å². The van der Waals surface area contributed by atoms with E-state index < -0.39 is 0 Å². The van der Waals surface area contributed by atoms with Crippen LogP contribution >= 0.6 is 22.6 Å². The van der Waals surface area contributed by atoms with Crippen molar-refractivity contribution in [1.82, 2.24) is 0 Å². The number of hydrogen-bond donors (Lipinski definition) is 0. The molecular weight excluding hydrogens is 267 g/mol. The molecule has 0 aliphatic rings. The van der Waals surface area contributed by atoms with Gasteiger partial charge in [-0.2, -0.15) is 0 Å². The molecule has 0 fully saturated rings. The molecule has 12 heavy (non-hydrogen) atoms. The summed E-state index contributed by atoms with van der Waals surface area (Å²) in [4.78, 5) is 11.0. The van der Waals surface area contributed by atoms with E-state index in [1.165, 1.54) is 0 Å². The van der Waals surface area contributed by atoms with E-state index in [1.807, 2.05) is 0 Å². The highest BCUT2D eigenvalue weighted by atomic mass is 127. The van der Waals surface area contributed by atoms with Gasteiger partial charge in [0.05, 0.1) is 6.61 Å². The van der Waals surface area contributed by atoms with Crippen molar-refractivity contribution in [3.8, 4) is 0 Å². The molecule has 0 aliphatic heterocycles. The van der Waals surface area contributed by atoms with Crippen LogP contribution in [0.4, 0.5) is 0 Å². The Morgan fingerprint density at radius 1 is 1.50 bits per heavy atom. The summed E-state index contributed by atoms with van der Waals surface area (Å²) in [5.74, 6) is -0.253. The van der Waals surface area contributed by atoms with Gasteiger partial charge in [0.15, 0.2) is 0 Å². The van der Waals surface area contributed by atoms with Gasteiger partial charge in [0, 0.05) is 9.66 Å². The summed E-state index contributed by atoms with van der Waals surface area (Å²) in [7, 11) is 0. The average Bonchev–Trinajstić information content (AvgIpc) is 1.85. The third-order valence-corrected chi connectivity index (χ3v) is 3.18. The molecular formula is C9H15IO2. The predicted molar refractivity (Wildman–Crippen MR) is 58.2 cm³/mol. The van der Waals surface area contributed by atoms with E-state index in [-0.39, 0.29) is 11.4 Å². The maximum atomic E-state index is 11.0. The lowest BCUT2D eigenvalue weighted by atomic mass is 9.96. The topological polar surface area (TPSA) is 26.3 Å². The first kappa shape index (κ1) is 11.9. The Balaban J connectivity index is 4.26. The Morgan fingerprint density at radius 3 is 2.33 bits per heavy atom. The molecule has 3 heteroatoms. The normalized spacial score (nSPS) is 12.9. The van der Waals surface area contributed by atoms with Gasteiger partial charge in [0.1, 0.15) is 0 Å². The Morgan fingerprint density at radius 2 is 2.00 bits per heavy atom. The fraction of sp³-hybridized carbons (Fsp3) is 0.667. The van der Waals surface area contributed by atoms with Crippen molar-refractivity contribution >= 4 is 28.6 Å². The number of carbonyl (C=O) groups excluding carboxylic acids is 1. The third kappa shape index (κ3) is 4.74. The van der Waals surface area contributed by atoms with Gasteiger partial charge in [-0.05, 0) is 34.9 Å². The van der Waals surface area contributed by atoms with E-state index in [4.69, 9.17) is 4.74 Å². The van der Waals surface area contributed by atoms with Crippen LogP contribution in [0.1, 0.15) is 27.7 Å². The summed E-state index contributed by atoms with van der Waals surface area (Å²) in [5.41, 5.74) is 0.0350. The second-order valence-corrected chi connectivity index (χ2v) is 4.66. The maximum Gasteiger partial charge on any atom is 0.331 e. The van der Waals surface area contributed by atoms with Gasteiger partial charge >= 0.3 is 5.97 Å². The second-order valence-electron chi connectivity index (χ2n) is 3.49. The van der Waals surface area contributed by atoms with Crippen LogP contribution in [-0.2, 0) is 9.53 Å². The van der Waals surface area contributed by atoms with Crippen molar-refractivity contribution in [2.45, 2.75) is 27.7 Å². The summed E-state index contributed by atoms with van der Waals surface area (Å²) in [6.45, 7) is 8.42. The van der Waals surface area contributed by atoms with E-state index in [2.05, 4.69) is 43.4 Å². The summed E-state index contributed by atoms with van der Waals surface area (Å²) >= 11 is 2.16. The van der Waals surface area contributed by atoms with E-state index in [0.29, 0.717) is 6.61 Å². The molecule has 2 nitrogen and oxygen atoms in total. The number of halogens is 1. The minimum Gasteiger partial charge on any atom is -0.463 e. The lowest BCUT2D eigenvalue weighted by Crippen LogP contribution is -2.08. The third-order valence-electron chi connectivity index (χ3n) is 1.25. The van der Waals surface area contributed by atoms with E-state index in [1.54, 1.807) is 13.0 Å². The molecule has 0 heterocycles. The highest BCUT2D eigenvalue weighted by Gasteiger charge is 2.15. The Kier molecular flexibility index (Phi) is 4.82. The van der Waals surface area contributed by atoms with Gasteiger partial charge in [-0.1, -0.05) is 20.8 Å². The molecule has 0 aromatic heterocycles. The Hall–Kier alpha value is -0.0600. The van der Waals surface area contributed by atoms with Gasteiger partial charge in [-0.25, -0.2) is 4.79 Å². The molecule has 0 saturated heterocycles. The molecule has 0 aromatic carbocycles. The first-order valence-corrected chi connectivity index (χ1v) is 5.00. The zero-order valence-electron chi connectivity index (χ0n) is 7.98. The minimum absolute atomic E-state index is 0.0350.